The van der Waals surface area contributed by atoms with Crippen molar-refractivity contribution in [2.24, 2.45) is 5.73 Å². The van der Waals surface area contributed by atoms with Gasteiger partial charge in [-0.2, -0.15) is 0 Å². The van der Waals surface area contributed by atoms with E-state index in [0.29, 0.717) is 25.9 Å². The minimum atomic E-state index is -4.05. The van der Waals surface area contributed by atoms with Crippen LogP contribution in [0.1, 0.15) is 71.0 Å². The second-order valence-electron chi connectivity index (χ2n) is 11.9. The highest BCUT2D eigenvalue weighted by Gasteiger charge is 2.28. The highest BCUT2D eigenvalue weighted by atomic mass is 32.2. The Balaban J connectivity index is 2.08. The Morgan fingerprint density at radius 3 is 1.89 bits per heavy atom. The minimum absolute atomic E-state index is 0.0385. The second kappa shape index (κ2) is 16.9. The van der Waals surface area contributed by atoms with Gasteiger partial charge in [0.2, 0.25) is 10.0 Å². The molecule has 2 atom stereocenters. The summed E-state index contributed by atoms with van der Waals surface area (Å²) in [6.45, 7) is 6.54. The molecule has 2 amide bonds. The third kappa shape index (κ3) is 10.1. The van der Waals surface area contributed by atoms with E-state index in [4.69, 9.17) is 5.73 Å². The molecule has 3 aromatic rings. The summed E-state index contributed by atoms with van der Waals surface area (Å²) in [5, 5.41) is 11.2. The average molecular weight is 673 g/mol. The standard InChI is InChI=1S/C35H46F2N4O5S/c1-6-12-40(13-7-2)34(43)27-18-28(20-31(19-27)47(45,46)39(4)5)35(44)41(22-25-11-9-10-24(8-3)14-25)23-33(42)32(38)17-26-15-29(36)21-30(37)16-26/h9-11,14-16,18-21,32-33,42H,6-8,12-13,17,22-23,38H2,1-5H3/t32-,33+/m0/s1. The topological polar surface area (TPSA) is 124 Å². The summed E-state index contributed by atoms with van der Waals surface area (Å²) in [6, 6.07) is 13.5. The van der Waals surface area contributed by atoms with E-state index in [2.05, 4.69) is 0 Å². The van der Waals surface area contributed by atoms with Crippen molar-refractivity contribution in [2.75, 3.05) is 33.7 Å². The van der Waals surface area contributed by atoms with Crippen LogP contribution in [0, 0.1) is 11.6 Å². The normalized spacial score (nSPS) is 13.0. The van der Waals surface area contributed by atoms with Crippen molar-refractivity contribution in [3.63, 3.8) is 0 Å². The van der Waals surface area contributed by atoms with Crippen molar-refractivity contribution >= 4 is 21.8 Å². The molecule has 0 saturated heterocycles. The quantitative estimate of drug-likeness (QED) is 0.229. The first kappa shape index (κ1) is 37.7. The van der Waals surface area contributed by atoms with Crippen LogP contribution in [0.15, 0.2) is 65.6 Å². The molecule has 3 aromatic carbocycles. The van der Waals surface area contributed by atoms with Crippen molar-refractivity contribution in [3.8, 4) is 0 Å². The Bertz CT molecular complexity index is 1620. The Morgan fingerprint density at radius 1 is 0.809 bits per heavy atom. The van der Waals surface area contributed by atoms with Gasteiger partial charge in [-0.05, 0) is 72.7 Å². The molecule has 0 aliphatic carbocycles. The van der Waals surface area contributed by atoms with Crippen LogP contribution < -0.4 is 5.73 Å². The first-order chi connectivity index (χ1) is 22.2. The van der Waals surface area contributed by atoms with Crippen molar-refractivity contribution in [2.45, 2.75) is 70.0 Å². The fourth-order valence-electron chi connectivity index (χ4n) is 5.31. The van der Waals surface area contributed by atoms with Gasteiger partial charge in [-0.1, -0.05) is 45.0 Å². The minimum Gasteiger partial charge on any atom is -0.390 e. The van der Waals surface area contributed by atoms with E-state index in [1.165, 1.54) is 37.2 Å². The van der Waals surface area contributed by atoms with Gasteiger partial charge in [-0.15, -0.1) is 0 Å². The van der Waals surface area contributed by atoms with Crippen LogP contribution in [0.25, 0.3) is 0 Å². The molecule has 12 heteroatoms. The van der Waals surface area contributed by atoms with Crippen LogP contribution in [-0.2, 0) is 29.4 Å². The summed E-state index contributed by atoms with van der Waals surface area (Å²) in [7, 11) is -1.33. The van der Waals surface area contributed by atoms with Gasteiger partial charge in [-0.3, -0.25) is 9.59 Å². The summed E-state index contributed by atoms with van der Waals surface area (Å²) in [4.78, 5) is 30.7. The molecule has 0 saturated carbocycles. The van der Waals surface area contributed by atoms with Crippen molar-refractivity contribution in [1.82, 2.24) is 14.1 Å². The maximum atomic E-state index is 14.3. The van der Waals surface area contributed by atoms with Crippen LogP contribution in [0.3, 0.4) is 0 Å². The van der Waals surface area contributed by atoms with Gasteiger partial charge in [0.1, 0.15) is 11.6 Å². The third-order valence-corrected chi connectivity index (χ3v) is 9.60. The second-order valence-corrected chi connectivity index (χ2v) is 14.0. The lowest BCUT2D eigenvalue weighted by atomic mass is 10.0. The summed E-state index contributed by atoms with van der Waals surface area (Å²) < 4.78 is 55.2. The molecule has 0 unspecified atom stereocenters. The molecule has 0 aliphatic rings. The number of halogens is 2. The number of aliphatic hydroxyl groups excluding tert-OH is 1. The van der Waals surface area contributed by atoms with E-state index in [9.17, 15) is 31.9 Å². The lowest BCUT2D eigenvalue weighted by Crippen LogP contribution is -2.46. The predicted octanol–water partition coefficient (Wildman–Crippen LogP) is 4.61. The molecule has 0 bridgehead atoms. The number of carbonyl (C=O) groups is 2. The first-order valence-electron chi connectivity index (χ1n) is 15.8. The highest BCUT2D eigenvalue weighted by Crippen LogP contribution is 2.23. The number of aryl methyl sites for hydroxylation is 1. The average Bonchev–Trinajstić information content (AvgIpc) is 3.02. The predicted molar refractivity (Wildman–Crippen MR) is 178 cm³/mol. The molecule has 47 heavy (non-hydrogen) atoms. The van der Waals surface area contributed by atoms with Crippen molar-refractivity contribution < 1.29 is 31.9 Å². The number of nitrogens with two attached hydrogens (primary N) is 1. The van der Waals surface area contributed by atoms with Crippen LogP contribution >= 0.6 is 0 Å². The van der Waals surface area contributed by atoms with Gasteiger partial charge in [0, 0.05) is 63.5 Å². The highest BCUT2D eigenvalue weighted by molar-refractivity contribution is 7.89. The zero-order chi connectivity index (χ0) is 34.9. The maximum Gasteiger partial charge on any atom is 0.254 e. The number of hydrogen-bond acceptors (Lipinski definition) is 6. The van der Waals surface area contributed by atoms with E-state index in [1.54, 1.807) is 4.90 Å². The van der Waals surface area contributed by atoms with E-state index >= 15 is 0 Å². The fourth-order valence-corrected chi connectivity index (χ4v) is 6.28. The maximum absolute atomic E-state index is 14.3. The molecule has 0 radical (unpaired) electrons. The Kier molecular flexibility index (Phi) is 13.6. The summed E-state index contributed by atoms with van der Waals surface area (Å²) in [5.74, 6) is -2.57. The first-order valence-corrected chi connectivity index (χ1v) is 17.3. The van der Waals surface area contributed by atoms with Crippen molar-refractivity contribution in [3.05, 3.63) is 100 Å². The number of carbonyl (C=O) groups excluding carboxylic acids is 2. The number of rotatable bonds is 16. The van der Waals surface area contributed by atoms with Gasteiger partial charge in [-0.25, -0.2) is 21.5 Å². The Labute approximate surface area is 277 Å². The number of sulfonamides is 1. The molecule has 9 nitrogen and oxygen atoms in total. The molecule has 0 aromatic heterocycles. The number of benzene rings is 3. The van der Waals surface area contributed by atoms with Gasteiger partial charge < -0.3 is 20.6 Å². The van der Waals surface area contributed by atoms with E-state index in [0.717, 1.165) is 40.1 Å². The molecular formula is C35H46F2N4O5S. The van der Waals surface area contributed by atoms with E-state index < -0.39 is 45.6 Å². The van der Waals surface area contributed by atoms with Crippen LogP contribution in [0.2, 0.25) is 0 Å². The summed E-state index contributed by atoms with van der Waals surface area (Å²) in [5.41, 5.74) is 8.31. The smallest absolute Gasteiger partial charge is 0.254 e. The lowest BCUT2D eigenvalue weighted by molar-refractivity contribution is 0.0554. The fraction of sp³-hybridized carbons (Fsp3) is 0.429. The molecule has 3 N–H and O–H groups in total. The number of aliphatic hydroxyl groups is 1. The van der Waals surface area contributed by atoms with Crippen LogP contribution in [0.4, 0.5) is 8.78 Å². The van der Waals surface area contributed by atoms with E-state index in [1.807, 2.05) is 45.0 Å². The lowest BCUT2D eigenvalue weighted by Gasteiger charge is -2.29. The number of nitrogens with zero attached hydrogens (tertiary/aromatic N) is 3. The zero-order valence-electron chi connectivity index (χ0n) is 27.7. The number of amides is 2. The third-order valence-electron chi connectivity index (χ3n) is 7.81. The monoisotopic (exact) mass is 672 g/mol. The molecule has 0 spiro atoms. The molecule has 256 valence electrons. The van der Waals surface area contributed by atoms with Crippen LogP contribution in [0.5, 0.6) is 0 Å². The number of hydrogen-bond donors (Lipinski definition) is 2. The SMILES string of the molecule is CCCN(CCC)C(=O)c1cc(C(=O)N(Cc2cccc(CC)c2)C[C@@H](O)[C@@H](N)Cc2cc(F)cc(F)c2)cc(S(=O)(=O)N(C)C)c1. The largest absolute Gasteiger partial charge is 0.390 e. The summed E-state index contributed by atoms with van der Waals surface area (Å²) >= 11 is 0. The zero-order valence-corrected chi connectivity index (χ0v) is 28.6. The van der Waals surface area contributed by atoms with Gasteiger partial charge in [0.15, 0.2) is 0 Å². The molecule has 3 rings (SSSR count). The van der Waals surface area contributed by atoms with Crippen molar-refractivity contribution in [1.29, 1.82) is 0 Å². The van der Waals surface area contributed by atoms with Crippen LogP contribution in [-0.4, -0.2) is 85.3 Å². The molecular weight excluding hydrogens is 626 g/mol. The Morgan fingerprint density at radius 2 is 1.36 bits per heavy atom. The van der Waals surface area contributed by atoms with E-state index in [-0.39, 0.29) is 41.1 Å². The van der Waals surface area contributed by atoms with Gasteiger partial charge in [0.25, 0.3) is 11.8 Å². The Hall–Kier alpha value is -3.71. The molecule has 0 aliphatic heterocycles. The van der Waals surface area contributed by atoms with Gasteiger partial charge >= 0.3 is 0 Å². The van der Waals surface area contributed by atoms with Gasteiger partial charge in [0.05, 0.1) is 11.0 Å². The molecule has 0 fully saturated rings. The molecule has 0 heterocycles. The summed E-state index contributed by atoms with van der Waals surface area (Å²) in [6.07, 6.45) is 0.750.